The predicted octanol–water partition coefficient (Wildman–Crippen LogP) is 6.60. The monoisotopic (exact) mass is 373 g/mol. The Labute approximate surface area is 151 Å². The Morgan fingerprint density at radius 3 is 2.28 bits per heavy atom. The van der Waals surface area contributed by atoms with Crippen molar-refractivity contribution >= 4 is 17.3 Å². The van der Waals surface area contributed by atoms with Gasteiger partial charge in [0.25, 0.3) is 0 Å². The van der Waals surface area contributed by atoms with Crippen LogP contribution in [-0.4, -0.2) is 11.8 Å². The normalized spacial score (nSPS) is 20.9. The van der Waals surface area contributed by atoms with Crippen molar-refractivity contribution in [3.8, 4) is 0 Å². The Kier molecular flexibility index (Phi) is 5.92. The summed E-state index contributed by atoms with van der Waals surface area (Å²) >= 11 is 6.01. The zero-order chi connectivity index (χ0) is 17.9. The minimum Gasteiger partial charge on any atom is -0.392 e. The van der Waals surface area contributed by atoms with Crippen molar-refractivity contribution in [2.75, 3.05) is 0 Å². The van der Waals surface area contributed by atoms with Crippen LogP contribution in [-0.2, 0) is 11.0 Å². The van der Waals surface area contributed by atoms with E-state index in [9.17, 15) is 13.2 Å². The maximum absolute atomic E-state index is 13.5. The molecule has 0 N–H and O–H groups in total. The molecule has 2 aliphatic carbocycles. The third kappa shape index (κ3) is 4.69. The maximum atomic E-state index is 13.5. The van der Waals surface area contributed by atoms with Gasteiger partial charge in [-0.15, -0.1) is 0 Å². The van der Waals surface area contributed by atoms with E-state index in [0.29, 0.717) is 5.71 Å². The zero-order valence-corrected chi connectivity index (χ0v) is 14.9. The van der Waals surface area contributed by atoms with E-state index in [1.165, 1.54) is 12.1 Å². The van der Waals surface area contributed by atoms with Crippen LogP contribution >= 0.6 is 11.6 Å². The molecule has 0 amide bonds. The number of oxime groups is 1. The highest BCUT2D eigenvalue weighted by Gasteiger charge is 2.36. The fourth-order valence-electron chi connectivity index (χ4n) is 3.82. The molecule has 3 rings (SSSR count). The lowest BCUT2D eigenvalue weighted by Crippen LogP contribution is -2.23. The molecular weight excluding hydrogens is 351 g/mol. The summed E-state index contributed by atoms with van der Waals surface area (Å²) in [7, 11) is 0. The minimum atomic E-state index is -4.44. The lowest BCUT2D eigenvalue weighted by Gasteiger charge is -2.25. The Hall–Kier alpha value is -1.23. The van der Waals surface area contributed by atoms with Gasteiger partial charge in [-0.25, -0.2) is 0 Å². The summed E-state index contributed by atoms with van der Waals surface area (Å²) in [5, 5.41) is 4.56. The zero-order valence-electron chi connectivity index (χ0n) is 14.1. The molecule has 0 aromatic heterocycles. The topological polar surface area (TPSA) is 21.6 Å². The second-order valence-corrected chi connectivity index (χ2v) is 7.45. The van der Waals surface area contributed by atoms with E-state index in [4.69, 9.17) is 16.4 Å². The third-order valence-corrected chi connectivity index (χ3v) is 5.39. The first-order valence-corrected chi connectivity index (χ1v) is 9.44. The van der Waals surface area contributed by atoms with E-state index >= 15 is 0 Å². The smallest absolute Gasteiger partial charge is 0.392 e. The number of nitrogens with zero attached hydrogens (tertiary/aromatic N) is 1. The molecule has 0 heterocycles. The van der Waals surface area contributed by atoms with Crippen LogP contribution in [0.3, 0.4) is 0 Å². The summed E-state index contributed by atoms with van der Waals surface area (Å²) in [6, 6.07) is 3.71. The van der Waals surface area contributed by atoms with Crippen LogP contribution in [0.15, 0.2) is 23.4 Å². The summed E-state index contributed by atoms with van der Waals surface area (Å²) in [6.07, 6.45) is 4.42. The molecule has 0 unspecified atom stereocenters. The Balaban J connectivity index is 1.98. The lowest BCUT2D eigenvalue weighted by atomic mass is 9.82. The van der Waals surface area contributed by atoms with Crippen LogP contribution in [0.5, 0.6) is 0 Å². The van der Waals surface area contributed by atoms with Gasteiger partial charge in [-0.1, -0.05) is 36.0 Å². The molecule has 0 saturated heterocycles. The third-order valence-electron chi connectivity index (χ3n) is 5.16. The van der Waals surface area contributed by atoms with Crippen LogP contribution in [0.4, 0.5) is 13.2 Å². The second kappa shape index (κ2) is 7.98. The quantitative estimate of drug-likeness (QED) is 0.430. The van der Waals surface area contributed by atoms with E-state index in [1.807, 2.05) is 0 Å². The van der Waals surface area contributed by atoms with Gasteiger partial charge in [0, 0.05) is 16.5 Å². The lowest BCUT2D eigenvalue weighted by molar-refractivity contribution is -0.137. The Morgan fingerprint density at radius 2 is 1.64 bits per heavy atom. The molecule has 2 nitrogen and oxygen atoms in total. The molecule has 138 valence electrons. The first kappa shape index (κ1) is 18.6. The number of alkyl halides is 3. The van der Waals surface area contributed by atoms with Crippen LogP contribution in [0.25, 0.3) is 0 Å². The highest BCUT2D eigenvalue weighted by atomic mass is 35.5. The number of benzene rings is 1. The highest BCUT2D eigenvalue weighted by molar-refractivity contribution is 6.31. The largest absolute Gasteiger partial charge is 0.417 e. The maximum Gasteiger partial charge on any atom is 0.417 e. The van der Waals surface area contributed by atoms with Gasteiger partial charge in [-0.3, -0.25) is 0 Å². The second-order valence-electron chi connectivity index (χ2n) is 7.01. The SMILES string of the molecule is FC(F)(F)c1ccc(Cl)cc1C(=NOC1CCCC1)C1CCCCC1. The van der Waals surface area contributed by atoms with E-state index < -0.39 is 11.7 Å². The van der Waals surface area contributed by atoms with Gasteiger partial charge < -0.3 is 4.84 Å². The summed E-state index contributed by atoms with van der Waals surface area (Å²) in [5.41, 5.74) is -0.192. The molecule has 1 aromatic rings. The van der Waals surface area contributed by atoms with Crippen molar-refractivity contribution in [1.82, 2.24) is 0 Å². The van der Waals surface area contributed by atoms with Crippen molar-refractivity contribution < 1.29 is 18.0 Å². The standard InChI is InChI=1S/C19H23ClF3NO/c20-14-10-11-17(19(21,22)23)16(12-14)18(13-6-2-1-3-7-13)24-25-15-8-4-5-9-15/h10-13,15H,1-9H2. The van der Waals surface area contributed by atoms with E-state index in [2.05, 4.69) is 5.16 Å². The number of hydrogen-bond acceptors (Lipinski definition) is 2. The van der Waals surface area contributed by atoms with E-state index in [0.717, 1.165) is 63.9 Å². The molecule has 25 heavy (non-hydrogen) atoms. The molecule has 2 saturated carbocycles. The molecule has 0 bridgehead atoms. The van der Waals surface area contributed by atoms with Gasteiger partial charge in [0.05, 0.1) is 11.3 Å². The number of halogens is 4. The average molecular weight is 374 g/mol. The molecule has 0 atom stereocenters. The van der Waals surface area contributed by atoms with Crippen molar-refractivity contribution in [3.63, 3.8) is 0 Å². The van der Waals surface area contributed by atoms with Gasteiger partial charge in [0.1, 0.15) is 6.10 Å². The summed E-state index contributed by atoms with van der Waals surface area (Å²) in [6.45, 7) is 0. The number of hydrogen-bond donors (Lipinski definition) is 0. The van der Waals surface area contributed by atoms with Crippen LogP contribution < -0.4 is 0 Å². The van der Waals surface area contributed by atoms with E-state index in [1.54, 1.807) is 0 Å². The van der Waals surface area contributed by atoms with Crippen molar-refractivity contribution in [2.24, 2.45) is 11.1 Å². The molecule has 6 heteroatoms. The average Bonchev–Trinajstić information content (AvgIpc) is 3.08. The van der Waals surface area contributed by atoms with Crippen LogP contribution in [0.2, 0.25) is 5.02 Å². The molecular formula is C19H23ClF3NO. The summed E-state index contributed by atoms with van der Waals surface area (Å²) in [5.74, 6) is -0.00489. The first-order chi connectivity index (χ1) is 11.9. The first-order valence-electron chi connectivity index (χ1n) is 9.06. The Bertz CT molecular complexity index is 618. The highest BCUT2D eigenvalue weighted by Crippen LogP contribution is 2.37. The Morgan fingerprint density at radius 1 is 1.00 bits per heavy atom. The van der Waals surface area contributed by atoms with Gasteiger partial charge >= 0.3 is 6.18 Å². The van der Waals surface area contributed by atoms with Gasteiger partial charge in [0.15, 0.2) is 0 Å². The number of rotatable bonds is 4. The molecule has 2 fully saturated rings. The van der Waals surface area contributed by atoms with Crippen LogP contribution in [0, 0.1) is 5.92 Å². The van der Waals surface area contributed by atoms with Crippen molar-refractivity contribution in [2.45, 2.75) is 70.1 Å². The fraction of sp³-hybridized carbons (Fsp3) is 0.632. The van der Waals surface area contributed by atoms with Crippen molar-refractivity contribution in [1.29, 1.82) is 0 Å². The van der Waals surface area contributed by atoms with Gasteiger partial charge in [0.2, 0.25) is 0 Å². The fourth-order valence-corrected chi connectivity index (χ4v) is 3.99. The molecule has 0 radical (unpaired) electrons. The molecule has 0 spiro atoms. The minimum absolute atomic E-state index is 0.00489. The summed E-state index contributed by atoms with van der Waals surface area (Å²) in [4.78, 5) is 5.66. The predicted molar refractivity (Wildman–Crippen MR) is 92.9 cm³/mol. The van der Waals surface area contributed by atoms with E-state index in [-0.39, 0.29) is 22.6 Å². The molecule has 0 aliphatic heterocycles. The van der Waals surface area contributed by atoms with Crippen molar-refractivity contribution in [3.05, 3.63) is 34.3 Å². The van der Waals surface area contributed by atoms with Crippen LogP contribution in [0.1, 0.15) is 68.9 Å². The molecule has 1 aromatic carbocycles. The van der Waals surface area contributed by atoms with Gasteiger partial charge in [-0.2, -0.15) is 13.2 Å². The van der Waals surface area contributed by atoms with Gasteiger partial charge in [-0.05, 0) is 56.7 Å². The summed E-state index contributed by atoms with van der Waals surface area (Å²) < 4.78 is 40.5. The molecule has 2 aliphatic rings.